The van der Waals surface area contributed by atoms with Crippen LogP contribution >= 0.6 is 0 Å². The van der Waals surface area contributed by atoms with Crippen LogP contribution in [0.2, 0.25) is 0 Å². The fraction of sp³-hybridized carbons (Fsp3) is 0.636. The molecule has 4 nitrogen and oxygen atoms in total. The summed E-state index contributed by atoms with van der Waals surface area (Å²) in [6, 6.07) is -0.765. The van der Waals surface area contributed by atoms with E-state index in [-0.39, 0.29) is 5.91 Å². The number of carbonyl (C=O) groups excluding carboxylic acids is 1. The molecule has 0 aromatic carbocycles. The lowest BCUT2D eigenvalue weighted by Gasteiger charge is -2.13. The largest absolute Gasteiger partial charge is 0.480 e. The Hall–Kier alpha value is -1.32. The van der Waals surface area contributed by atoms with Gasteiger partial charge in [-0.2, -0.15) is 0 Å². The van der Waals surface area contributed by atoms with Crippen molar-refractivity contribution in [2.24, 2.45) is 0 Å². The zero-order chi connectivity index (χ0) is 11.4. The van der Waals surface area contributed by atoms with E-state index in [0.29, 0.717) is 6.42 Å². The van der Waals surface area contributed by atoms with Crippen molar-refractivity contribution in [2.45, 2.75) is 45.6 Å². The van der Waals surface area contributed by atoms with Crippen molar-refractivity contribution in [3.05, 3.63) is 11.1 Å². The van der Waals surface area contributed by atoms with Gasteiger partial charge in [0.1, 0.15) is 6.04 Å². The van der Waals surface area contributed by atoms with Crippen LogP contribution in [0.5, 0.6) is 0 Å². The van der Waals surface area contributed by atoms with Crippen LogP contribution < -0.4 is 5.32 Å². The molecule has 0 radical (unpaired) electrons. The predicted molar refractivity (Wildman–Crippen MR) is 56.4 cm³/mol. The van der Waals surface area contributed by atoms with E-state index in [9.17, 15) is 9.59 Å². The zero-order valence-electron chi connectivity index (χ0n) is 9.17. The van der Waals surface area contributed by atoms with Gasteiger partial charge in [0, 0.05) is 5.57 Å². The first-order valence-electron chi connectivity index (χ1n) is 5.28. The molecule has 0 aliphatic heterocycles. The molecule has 0 bridgehead atoms. The normalized spacial score (nSPS) is 17.7. The predicted octanol–water partition coefficient (Wildman–Crippen LogP) is 1.47. The van der Waals surface area contributed by atoms with Crippen LogP contribution in [0.25, 0.3) is 0 Å². The van der Waals surface area contributed by atoms with Crippen LogP contribution in [0.3, 0.4) is 0 Å². The number of carboxylic acid groups (broad SMARTS) is 1. The summed E-state index contributed by atoms with van der Waals surface area (Å²) < 4.78 is 0. The lowest BCUT2D eigenvalue weighted by molar-refractivity contribution is -0.141. The maximum Gasteiger partial charge on any atom is 0.326 e. The van der Waals surface area contributed by atoms with Crippen LogP contribution in [0.4, 0.5) is 0 Å². The van der Waals surface area contributed by atoms with Gasteiger partial charge >= 0.3 is 5.97 Å². The average molecular weight is 211 g/mol. The standard InChI is InChI=1S/C11H17NO3/c1-3-9(11(14)15)12-10(13)8-6-4-5-7(8)2/h9H,3-6H2,1-2H3,(H,12,13)(H,14,15). The Balaban J connectivity index is 2.62. The molecule has 0 aromatic rings. The molecule has 1 rings (SSSR count). The molecule has 0 saturated heterocycles. The Bertz CT molecular complexity index is 307. The average Bonchev–Trinajstić information content (AvgIpc) is 2.60. The summed E-state index contributed by atoms with van der Waals surface area (Å²) in [7, 11) is 0. The van der Waals surface area contributed by atoms with E-state index in [4.69, 9.17) is 5.11 Å². The molecule has 0 spiro atoms. The SMILES string of the molecule is CCC(NC(=O)C1=C(C)CCC1)C(=O)O. The first-order chi connectivity index (χ1) is 7.06. The second-order valence-electron chi connectivity index (χ2n) is 3.88. The van der Waals surface area contributed by atoms with Gasteiger partial charge in [-0.05, 0) is 32.6 Å². The maximum absolute atomic E-state index is 11.7. The smallest absolute Gasteiger partial charge is 0.326 e. The topological polar surface area (TPSA) is 66.4 Å². The zero-order valence-corrected chi connectivity index (χ0v) is 9.17. The molecule has 1 amide bonds. The molecule has 0 fully saturated rings. The van der Waals surface area contributed by atoms with Crippen molar-refractivity contribution in [1.29, 1.82) is 0 Å². The van der Waals surface area contributed by atoms with Crippen molar-refractivity contribution < 1.29 is 14.7 Å². The number of aliphatic carboxylic acids is 1. The molecule has 1 unspecified atom stereocenters. The number of amides is 1. The van der Waals surface area contributed by atoms with E-state index in [1.165, 1.54) is 0 Å². The highest BCUT2D eigenvalue weighted by Crippen LogP contribution is 2.25. The third-order valence-electron chi connectivity index (χ3n) is 2.78. The lowest BCUT2D eigenvalue weighted by Crippen LogP contribution is -2.40. The van der Waals surface area contributed by atoms with E-state index >= 15 is 0 Å². The van der Waals surface area contributed by atoms with Gasteiger partial charge in [-0.1, -0.05) is 12.5 Å². The Morgan fingerprint density at radius 3 is 2.53 bits per heavy atom. The van der Waals surface area contributed by atoms with Gasteiger partial charge in [-0.15, -0.1) is 0 Å². The fourth-order valence-corrected chi connectivity index (χ4v) is 1.79. The third-order valence-corrected chi connectivity index (χ3v) is 2.78. The molecule has 1 aliphatic rings. The second kappa shape index (κ2) is 4.96. The van der Waals surface area contributed by atoms with Gasteiger partial charge in [0.2, 0.25) is 5.91 Å². The van der Waals surface area contributed by atoms with Gasteiger partial charge in [0.15, 0.2) is 0 Å². The van der Waals surface area contributed by atoms with E-state index in [2.05, 4.69) is 5.32 Å². The molecule has 0 heterocycles. The van der Waals surface area contributed by atoms with Crippen LogP contribution in [0, 0.1) is 0 Å². The Morgan fingerprint density at radius 2 is 2.13 bits per heavy atom. The molecule has 84 valence electrons. The Kier molecular flexibility index (Phi) is 3.88. The number of nitrogens with one attached hydrogen (secondary N) is 1. The second-order valence-corrected chi connectivity index (χ2v) is 3.88. The Morgan fingerprint density at radius 1 is 1.47 bits per heavy atom. The first-order valence-corrected chi connectivity index (χ1v) is 5.28. The summed E-state index contributed by atoms with van der Waals surface area (Å²) in [4.78, 5) is 22.4. The third kappa shape index (κ3) is 2.81. The molecule has 1 aliphatic carbocycles. The summed E-state index contributed by atoms with van der Waals surface area (Å²) >= 11 is 0. The molecule has 4 heteroatoms. The van der Waals surface area contributed by atoms with Gasteiger partial charge < -0.3 is 10.4 Å². The van der Waals surface area contributed by atoms with E-state index in [1.54, 1.807) is 6.92 Å². The van der Waals surface area contributed by atoms with Crippen LogP contribution in [0.1, 0.15) is 39.5 Å². The first kappa shape index (κ1) is 11.8. The van der Waals surface area contributed by atoms with Crippen LogP contribution in [0.15, 0.2) is 11.1 Å². The van der Waals surface area contributed by atoms with Crippen molar-refractivity contribution in [1.82, 2.24) is 5.32 Å². The van der Waals surface area contributed by atoms with Crippen molar-refractivity contribution in [3.63, 3.8) is 0 Å². The number of allylic oxidation sites excluding steroid dienone is 1. The molecule has 15 heavy (non-hydrogen) atoms. The lowest BCUT2D eigenvalue weighted by atomic mass is 10.1. The minimum absolute atomic E-state index is 0.209. The molecule has 0 aromatic heterocycles. The van der Waals surface area contributed by atoms with Crippen LogP contribution in [-0.4, -0.2) is 23.0 Å². The van der Waals surface area contributed by atoms with Crippen molar-refractivity contribution >= 4 is 11.9 Å². The van der Waals surface area contributed by atoms with Crippen molar-refractivity contribution in [3.8, 4) is 0 Å². The minimum Gasteiger partial charge on any atom is -0.480 e. The van der Waals surface area contributed by atoms with Crippen molar-refractivity contribution in [2.75, 3.05) is 0 Å². The highest BCUT2D eigenvalue weighted by atomic mass is 16.4. The highest BCUT2D eigenvalue weighted by Gasteiger charge is 2.22. The van der Waals surface area contributed by atoms with E-state index in [0.717, 1.165) is 30.4 Å². The van der Waals surface area contributed by atoms with Gasteiger partial charge in [-0.3, -0.25) is 4.79 Å². The summed E-state index contributed by atoms with van der Waals surface area (Å²) in [5.74, 6) is -1.18. The minimum atomic E-state index is -0.970. The van der Waals surface area contributed by atoms with E-state index < -0.39 is 12.0 Å². The number of carboxylic acids is 1. The quantitative estimate of drug-likeness (QED) is 0.740. The van der Waals surface area contributed by atoms with Gasteiger partial charge in [0.05, 0.1) is 0 Å². The Labute approximate surface area is 89.4 Å². The molecular formula is C11H17NO3. The number of hydrogen-bond donors (Lipinski definition) is 2. The number of hydrogen-bond acceptors (Lipinski definition) is 2. The molecule has 1 atom stereocenters. The summed E-state index contributed by atoms with van der Waals surface area (Å²) in [6.45, 7) is 3.68. The summed E-state index contributed by atoms with van der Waals surface area (Å²) in [6.07, 6.45) is 3.13. The fourth-order valence-electron chi connectivity index (χ4n) is 1.79. The summed E-state index contributed by atoms with van der Waals surface area (Å²) in [5, 5.41) is 11.3. The monoisotopic (exact) mass is 211 g/mol. The number of carbonyl (C=O) groups is 2. The molecule has 0 saturated carbocycles. The van der Waals surface area contributed by atoms with Gasteiger partial charge in [-0.25, -0.2) is 4.79 Å². The number of rotatable bonds is 4. The molecule has 2 N–H and O–H groups in total. The highest BCUT2D eigenvalue weighted by molar-refractivity contribution is 5.96. The van der Waals surface area contributed by atoms with E-state index in [1.807, 2.05) is 6.92 Å². The maximum atomic E-state index is 11.7. The summed E-state index contributed by atoms with van der Waals surface area (Å²) in [5.41, 5.74) is 1.86. The van der Waals surface area contributed by atoms with Crippen LogP contribution in [-0.2, 0) is 9.59 Å². The molecular weight excluding hydrogens is 194 g/mol. The van der Waals surface area contributed by atoms with Gasteiger partial charge in [0.25, 0.3) is 0 Å².